The van der Waals surface area contributed by atoms with Crippen molar-refractivity contribution in [3.05, 3.63) is 23.8 Å². The molecular formula is C12H17NO4S. The number of nitrogens with one attached hydrogen (secondary N) is 1. The van der Waals surface area contributed by atoms with E-state index in [-0.39, 0.29) is 22.8 Å². The summed E-state index contributed by atoms with van der Waals surface area (Å²) in [5.74, 6) is 0.281. The molecule has 5 nitrogen and oxygen atoms in total. The molecule has 100 valence electrons. The second-order valence-electron chi connectivity index (χ2n) is 4.81. The molecule has 1 aliphatic carbocycles. The molecule has 0 amide bonds. The lowest BCUT2D eigenvalue weighted by Gasteiger charge is -2.15. The summed E-state index contributed by atoms with van der Waals surface area (Å²) in [4.78, 5) is 0.0738. The second kappa shape index (κ2) is 4.53. The van der Waals surface area contributed by atoms with E-state index in [1.807, 2.05) is 6.92 Å². The Morgan fingerprint density at radius 3 is 2.61 bits per heavy atom. The van der Waals surface area contributed by atoms with Gasteiger partial charge in [-0.15, -0.1) is 0 Å². The zero-order valence-corrected chi connectivity index (χ0v) is 11.3. The molecule has 6 heteroatoms. The number of rotatable bonds is 5. The fourth-order valence-electron chi connectivity index (χ4n) is 1.70. The van der Waals surface area contributed by atoms with Crippen molar-refractivity contribution < 1.29 is 18.3 Å². The van der Waals surface area contributed by atoms with Crippen LogP contribution in [0.15, 0.2) is 23.1 Å². The lowest BCUT2D eigenvalue weighted by atomic mass is 10.2. The molecule has 2 N–H and O–H groups in total. The molecule has 1 saturated carbocycles. The fraction of sp³-hybridized carbons (Fsp3) is 0.500. The van der Waals surface area contributed by atoms with Crippen molar-refractivity contribution in [2.75, 3.05) is 7.11 Å². The van der Waals surface area contributed by atoms with E-state index in [1.165, 1.54) is 13.2 Å². The highest BCUT2D eigenvalue weighted by Crippen LogP contribution is 2.37. The maximum Gasteiger partial charge on any atom is 0.244 e. The average molecular weight is 271 g/mol. The minimum atomic E-state index is -3.62. The molecule has 0 bridgehead atoms. The van der Waals surface area contributed by atoms with Crippen molar-refractivity contribution in [3.63, 3.8) is 0 Å². The third kappa shape index (κ3) is 2.66. The zero-order chi connectivity index (χ0) is 13.4. The van der Waals surface area contributed by atoms with Gasteiger partial charge >= 0.3 is 0 Å². The second-order valence-corrected chi connectivity index (χ2v) is 6.46. The van der Waals surface area contributed by atoms with E-state index in [0.29, 0.717) is 5.56 Å². The Bertz CT molecular complexity index is 549. The molecule has 0 atom stereocenters. The van der Waals surface area contributed by atoms with E-state index in [1.54, 1.807) is 12.1 Å². The summed E-state index contributed by atoms with van der Waals surface area (Å²) < 4.78 is 32.3. The maximum absolute atomic E-state index is 12.3. The van der Waals surface area contributed by atoms with Crippen molar-refractivity contribution in [3.8, 4) is 5.75 Å². The Morgan fingerprint density at radius 2 is 2.11 bits per heavy atom. The van der Waals surface area contributed by atoms with Crippen LogP contribution < -0.4 is 9.46 Å². The lowest BCUT2D eigenvalue weighted by Crippen LogP contribution is -2.34. The molecule has 1 aliphatic rings. The topological polar surface area (TPSA) is 75.6 Å². The quantitative estimate of drug-likeness (QED) is 0.838. The Hall–Kier alpha value is -1.11. The van der Waals surface area contributed by atoms with E-state index in [0.717, 1.165) is 12.8 Å². The number of sulfonamides is 1. The Balaban J connectivity index is 2.41. The van der Waals surface area contributed by atoms with Gasteiger partial charge in [0.1, 0.15) is 10.6 Å². The van der Waals surface area contributed by atoms with E-state index in [9.17, 15) is 8.42 Å². The molecule has 0 saturated heterocycles. The van der Waals surface area contributed by atoms with Crippen molar-refractivity contribution in [2.24, 2.45) is 0 Å². The number of ether oxygens (including phenoxy) is 1. The molecule has 0 spiro atoms. The van der Waals surface area contributed by atoms with Gasteiger partial charge in [-0.2, -0.15) is 0 Å². The van der Waals surface area contributed by atoms with Crippen LogP contribution in [0.4, 0.5) is 0 Å². The van der Waals surface area contributed by atoms with Crippen LogP contribution in [-0.4, -0.2) is 26.2 Å². The number of methoxy groups -OCH3 is 1. The molecule has 0 aliphatic heterocycles. The molecule has 18 heavy (non-hydrogen) atoms. The van der Waals surface area contributed by atoms with Crippen LogP contribution in [0.5, 0.6) is 5.75 Å². The van der Waals surface area contributed by atoms with Crippen molar-refractivity contribution in [2.45, 2.75) is 36.8 Å². The van der Waals surface area contributed by atoms with Gasteiger partial charge in [0, 0.05) is 5.54 Å². The monoisotopic (exact) mass is 271 g/mol. The summed E-state index contributed by atoms with van der Waals surface area (Å²) in [7, 11) is -2.19. The molecule has 0 radical (unpaired) electrons. The lowest BCUT2D eigenvalue weighted by molar-refractivity contribution is 0.281. The molecule has 2 rings (SSSR count). The number of aliphatic hydroxyl groups excluding tert-OH is 1. The standard InChI is InChI=1S/C12H17NO4S/c1-12(5-6-12)13-18(15,16)11-7-9(8-14)3-4-10(11)17-2/h3-4,7,13-14H,5-6,8H2,1-2H3. The highest BCUT2D eigenvalue weighted by molar-refractivity contribution is 7.89. The van der Waals surface area contributed by atoms with Gasteiger partial charge in [0.2, 0.25) is 10.0 Å². The molecule has 0 heterocycles. The van der Waals surface area contributed by atoms with Crippen LogP contribution in [-0.2, 0) is 16.6 Å². The van der Waals surface area contributed by atoms with E-state index >= 15 is 0 Å². The van der Waals surface area contributed by atoms with Crippen LogP contribution in [0.2, 0.25) is 0 Å². The largest absolute Gasteiger partial charge is 0.495 e. The van der Waals surface area contributed by atoms with Gasteiger partial charge in [-0.25, -0.2) is 13.1 Å². The van der Waals surface area contributed by atoms with Crippen molar-refractivity contribution in [1.82, 2.24) is 4.72 Å². The normalized spacial score (nSPS) is 17.5. The van der Waals surface area contributed by atoms with E-state index in [4.69, 9.17) is 9.84 Å². The van der Waals surface area contributed by atoms with Crippen LogP contribution >= 0.6 is 0 Å². The predicted octanol–water partition coefficient (Wildman–Crippen LogP) is 1.02. The predicted molar refractivity (Wildman–Crippen MR) is 66.9 cm³/mol. The molecule has 0 aromatic heterocycles. The minimum Gasteiger partial charge on any atom is -0.495 e. The van der Waals surface area contributed by atoms with Gasteiger partial charge in [0.25, 0.3) is 0 Å². The van der Waals surface area contributed by atoms with Gasteiger partial charge in [0.15, 0.2) is 0 Å². The van der Waals surface area contributed by atoms with E-state index in [2.05, 4.69) is 4.72 Å². The molecule has 0 unspecified atom stereocenters. The maximum atomic E-state index is 12.3. The number of aliphatic hydroxyl groups is 1. The summed E-state index contributed by atoms with van der Waals surface area (Å²) in [5, 5.41) is 9.08. The summed E-state index contributed by atoms with van der Waals surface area (Å²) in [6.45, 7) is 1.66. The smallest absolute Gasteiger partial charge is 0.244 e. The van der Waals surface area contributed by atoms with Gasteiger partial charge in [-0.05, 0) is 37.5 Å². The zero-order valence-electron chi connectivity index (χ0n) is 10.4. The first-order valence-electron chi connectivity index (χ1n) is 5.72. The average Bonchev–Trinajstić information content (AvgIpc) is 3.04. The first-order valence-corrected chi connectivity index (χ1v) is 7.20. The van der Waals surface area contributed by atoms with Crippen molar-refractivity contribution in [1.29, 1.82) is 0 Å². The third-order valence-electron chi connectivity index (χ3n) is 3.08. The molecule has 1 aromatic carbocycles. The Morgan fingerprint density at radius 1 is 1.44 bits per heavy atom. The van der Waals surface area contributed by atoms with Gasteiger partial charge in [-0.3, -0.25) is 0 Å². The van der Waals surface area contributed by atoms with E-state index < -0.39 is 10.0 Å². The van der Waals surface area contributed by atoms with Crippen LogP contribution in [0.3, 0.4) is 0 Å². The SMILES string of the molecule is COc1ccc(CO)cc1S(=O)(=O)NC1(C)CC1. The van der Waals surface area contributed by atoms with Crippen LogP contribution in [0.1, 0.15) is 25.3 Å². The number of hydrogen-bond acceptors (Lipinski definition) is 4. The third-order valence-corrected chi connectivity index (χ3v) is 4.74. The summed E-state index contributed by atoms with van der Waals surface area (Å²) in [6, 6.07) is 4.62. The number of benzene rings is 1. The summed E-state index contributed by atoms with van der Waals surface area (Å²) in [5.41, 5.74) is 0.205. The first-order chi connectivity index (χ1) is 8.40. The molecule has 1 fully saturated rings. The van der Waals surface area contributed by atoms with Gasteiger partial charge < -0.3 is 9.84 Å². The minimum absolute atomic E-state index is 0.0738. The molecule has 1 aromatic rings. The van der Waals surface area contributed by atoms with Crippen LogP contribution in [0, 0.1) is 0 Å². The first kappa shape index (κ1) is 13.3. The highest BCUT2D eigenvalue weighted by Gasteiger charge is 2.41. The van der Waals surface area contributed by atoms with Gasteiger partial charge in [0.05, 0.1) is 13.7 Å². The van der Waals surface area contributed by atoms with Crippen LogP contribution in [0.25, 0.3) is 0 Å². The summed E-state index contributed by atoms with van der Waals surface area (Å²) >= 11 is 0. The molecular weight excluding hydrogens is 254 g/mol. The Kier molecular flexibility index (Phi) is 3.35. The highest BCUT2D eigenvalue weighted by atomic mass is 32.2. The fourth-order valence-corrected chi connectivity index (χ4v) is 3.38. The Labute approximate surface area is 107 Å². The van der Waals surface area contributed by atoms with Gasteiger partial charge in [-0.1, -0.05) is 6.07 Å². The number of hydrogen-bond donors (Lipinski definition) is 2. The van der Waals surface area contributed by atoms with Crippen molar-refractivity contribution >= 4 is 10.0 Å². The summed E-state index contributed by atoms with van der Waals surface area (Å²) in [6.07, 6.45) is 1.68.